The van der Waals surface area contributed by atoms with Gasteiger partial charge in [-0.2, -0.15) is 0 Å². The summed E-state index contributed by atoms with van der Waals surface area (Å²) in [4.78, 5) is 22.1. The molecule has 0 aromatic heterocycles. The predicted octanol–water partition coefficient (Wildman–Crippen LogP) is 1.13. The maximum Gasteiger partial charge on any atom is 0.312 e. The molecule has 0 aliphatic rings. The van der Waals surface area contributed by atoms with E-state index in [2.05, 4.69) is 10.6 Å². The molecule has 1 unspecified atom stereocenters. The van der Waals surface area contributed by atoms with Crippen LogP contribution in [0.1, 0.15) is 12.5 Å². The van der Waals surface area contributed by atoms with E-state index in [9.17, 15) is 14.0 Å². The van der Waals surface area contributed by atoms with Crippen LogP contribution in [-0.2, 0) is 4.79 Å². The van der Waals surface area contributed by atoms with Crippen molar-refractivity contribution in [1.29, 1.82) is 0 Å². The molecule has 1 aromatic rings. The largest absolute Gasteiger partial charge is 0.352 e. The molecule has 0 bridgehead atoms. The Hall–Kier alpha value is -2.11. The fourth-order valence-electron chi connectivity index (χ4n) is 1.24. The zero-order chi connectivity index (χ0) is 13.0. The van der Waals surface area contributed by atoms with Crippen LogP contribution in [0.15, 0.2) is 18.2 Å². The highest BCUT2D eigenvalue weighted by atomic mass is 19.1. The van der Waals surface area contributed by atoms with Crippen molar-refractivity contribution in [1.82, 2.24) is 5.32 Å². The summed E-state index contributed by atoms with van der Waals surface area (Å²) in [6.07, 6.45) is 0. The van der Waals surface area contributed by atoms with Crippen LogP contribution in [0, 0.1) is 12.7 Å². The molecule has 0 saturated heterocycles. The van der Waals surface area contributed by atoms with Crippen LogP contribution in [0.4, 0.5) is 14.9 Å². The van der Waals surface area contributed by atoms with Crippen molar-refractivity contribution in [2.75, 3.05) is 5.32 Å². The van der Waals surface area contributed by atoms with Crippen molar-refractivity contribution in [3.8, 4) is 0 Å². The second-order valence-corrected chi connectivity index (χ2v) is 3.70. The molecule has 92 valence electrons. The van der Waals surface area contributed by atoms with E-state index < -0.39 is 23.8 Å². The second-order valence-electron chi connectivity index (χ2n) is 3.70. The molecule has 0 aliphatic heterocycles. The van der Waals surface area contributed by atoms with Gasteiger partial charge < -0.3 is 16.4 Å². The first-order valence-electron chi connectivity index (χ1n) is 5.03. The zero-order valence-corrected chi connectivity index (χ0v) is 9.58. The number of nitrogens with one attached hydrogen (secondary N) is 2. The number of halogens is 1. The van der Waals surface area contributed by atoms with Gasteiger partial charge in [0.25, 0.3) is 0 Å². The number of nitrogens with two attached hydrogens (primary N) is 1. The average Bonchev–Trinajstić information content (AvgIpc) is 2.21. The lowest BCUT2D eigenvalue weighted by atomic mass is 10.2. The van der Waals surface area contributed by atoms with Gasteiger partial charge in [-0.05, 0) is 31.5 Å². The molecule has 3 amide bonds. The van der Waals surface area contributed by atoms with E-state index in [1.54, 1.807) is 13.0 Å². The first-order valence-corrected chi connectivity index (χ1v) is 5.03. The van der Waals surface area contributed by atoms with Crippen LogP contribution in [-0.4, -0.2) is 18.0 Å². The standard InChI is InChI=1S/C11H14FN3O2/c1-6-3-4-9(8(12)5-6)15-10(16)7(2)14-11(13)17/h3-5,7H,1-2H3,(H,15,16)(H3,13,14,17). The molecule has 0 spiro atoms. The van der Waals surface area contributed by atoms with E-state index in [1.807, 2.05) is 0 Å². The Morgan fingerprint density at radius 2 is 2.06 bits per heavy atom. The fourth-order valence-corrected chi connectivity index (χ4v) is 1.24. The Morgan fingerprint density at radius 1 is 1.41 bits per heavy atom. The van der Waals surface area contributed by atoms with Gasteiger partial charge in [-0.1, -0.05) is 6.07 Å². The molecule has 1 rings (SSSR count). The van der Waals surface area contributed by atoms with Gasteiger partial charge in [-0.3, -0.25) is 4.79 Å². The van der Waals surface area contributed by atoms with E-state index in [-0.39, 0.29) is 5.69 Å². The molecule has 0 fully saturated rings. The SMILES string of the molecule is Cc1ccc(NC(=O)C(C)NC(N)=O)c(F)c1. The summed E-state index contributed by atoms with van der Waals surface area (Å²) in [7, 11) is 0. The van der Waals surface area contributed by atoms with E-state index in [4.69, 9.17) is 5.73 Å². The van der Waals surface area contributed by atoms with Crippen LogP contribution < -0.4 is 16.4 Å². The molecule has 4 N–H and O–H groups in total. The van der Waals surface area contributed by atoms with Gasteiger partial charge in [-0.15, -0.1) is 0 Å². The lowest BCUT2D eigenvalue weighted by Crippen LogP contribution is -2.44. The summed E-state index contributed by atoms with van der Waals surface area (Å²) in [5.74, 6) is -1.06. The molecule has 5 nitrogen and oxygen atoms in total. The topological polar surface area (TPSA) is 84.2 Å². The number of hydrogen-bond acceptors (Lipinski definition) is 2. The number of carbonyl (C=O) groups excluding carboxylic acids is 2. The Morgan fingerprint density at radius 3 is 2.59 bits per heavy atom. The highest BCUT2D eigenvalue weighted by Gasteiger charge is 2.15. The minimum atomic E-state index is -0.826. The summed E-state index contributed by atoms with van der Waals surface area (Å²) in [6, 6.07) is 2.80. The van der Waals surface area contributed by atoms with Gasteiger partial charge in [0.15, 0.2) is 0 Å². The number of urea groups is 1. The first-order chi connectivity index (χ1) is 7.90. The molecule has 0 heterocycles. The molecule has 6 heteroatoms. The van der Waals surface area contributed by atoms with Gasteiger partial charge in [-0.25, -0.2) is 9.18 Å². The molecule has 1 aromatic carbocycles. The summed E-state index contributed by atoms with van der Waals surface area (Å²) in [5.41, 5.74) is 5.69. The number of amides is 3. The molecule has 0 saturated carbocycles. The average molecular weight is 239 g/mol. The number of rotatable bonds is 3. The highest BCUT2D eigenvalue weighted by Crippen LogP contribution is 2.15. The number of aryl methyl sites for hydroxylation is 1. The maximum absolute atomic E-state index is 13.4. The third-order valence-electron chi connectivity index (χ3n) is 2.13. The van der Waals surface area contributed by atoms with Crippen LogP contribution in [0.3, 0.4) is 0 Å². The molecular weight excluding hydrogens is 225 g/mol. The normalized spacial score (nSPS) is 11.7. The number of benzene rings is 1. The van der Waals surface area contributed by atoms with Crippen LogP contribution in [0.25, 0.3) is 0 Å². The number of anilines is 1. The molecule has 17 heavy (non-hydrogen) atoms. The fraction of sp³-hybridized carbons (Fsp3) is 0.273. The van der Waals surface area contributed by atoms with Gasteiger partial charge in [0.1, 0.15) is 11.9 Å². The lowest BCUT2D eigenvalue weighted by molar-refractivity contribution is -0.117. The van der Waals surface area contributed by atoms with Crippen molar-refractivity contribution in [2.24, 2.45) is 5.73 Å². The van der Waals surface area contributed by atoms with E-state index in [0.29, 0.717) is 0 Å². The Labute approximate surface area is 98.2 Å². The Kier molecular flexibility index (Phi) is 4.03. The van der Waals surface area contributed by atoms with Gasteiger partial charge in [0.05, 0.1) is 5.69 Å². The third kappa shape index (κ3) is 3.75. The van der Waals surface area contributed by atoms with Gasteiger partial charge in [0.2, 0.25) is 5.91 Å². The van der Waals surface area contributed by atoms with Crippen molar-refractivity contribution < 1.29 is 14.0 Å². The summed E-state index contributed by atoms with van der Waals surface area (Å²) in [5, 5.41) is 4.56. The predicted molar refractivity (Wildman–Crippen MR) is 61.9 cm³/mol. The van der Waals surface area contributed by atoms with E-state index in [0.717, 1.165) is 5.56 Å². The van der Waals surface area contributed by atoms with Crippen molar-refractivity contribution >= 4 is 17.6 Å². The number of primary amides is 1. The molecular formula is C11H14FN3O2. The summed E-state index contributed by atoms with van der Waals surface area (Å²) >= 11 is 0. The quantitative estimate of drug-likeness (QED) is 0.738. The number of hydrogen-bond donors (Lipinski definition) is 3. The van der Waals surface area contributed by atoms with Crippen LogP contribution in [0.5, 0.6) is 0 Å². The van der Waals surface area contributed by atoms with Crippen molar-refractivity contribution in [2.45, 2.75) is 19.9 Å². The van der Waals surface area contributed by atoms with Gasteiger partial charge >= 0.3 is 6.03 Å². The highest BCUT2D eigenvalue weighted by molar-refractivity contribution is 5.96. The van der Waals surface area contributed by atoms with E-state index >= 15 is 0 Å². The minimum Gasteiger partial charge on any atom is -0.352 e. The lowest BCUT2D eigenvalue weighted by Gasteiger charge is -2.13. The van der Waals surface area contributed by atoms with Crippen molar-refractivity contribution in [3.05, 3.63) is 29.6 Å². The van der Waals surface area contributed by atoms with Crippen LogP contribution in [0.2, 0.25) is 0 Å². The molecule has 0 radical (unpaired) electrons. The van der Waals surface area contributed by atoms with Gasteiger partial charge in [0, 0.05) is 0 Å². The summed E-state index contributed by atoms with van der Waals surface area (Å²) < 4.78 is 13.4. The Bertz CT molecular complexity index is 448. The number of carbonyl (C=O) groups is 2. The van der Waals surface area contributed by atoms with E-state index in [1.165, 1.54) is 19.1 Å². The molecule has 0 aliphatic carbocycles. The first kappa shape index (κ1) is 13.0. The minimum absolute atomic E-state index is 0.0683. The maximum atomic E-state index is 13.4. The Balaban J connectivity index is 2.71. The third-order valence-corrected chi connectivity index (χ3v) is 2.13. The zero-order valence-electron chi connectivity index (χ0n) is 9.58. The van der Waals surface area contributed by atoms with Crippen molar-refractivity contribution in [3.63, 3.8) is 0 Å². The smallest absolute Gasteiger partial charge is 0.312 e. The monoisotopic (exact) mass is 239 g/mol. The van der Waals surface area contributed by atoms with Crippen LogP contribution >= 0.6 is 0 Å². The summed E-state index contributed by atoms with van der Waals surface area (Å²) in [6.45, 7) is 3.19. The second kappa shape index (κ2) is 5.29. The molecule has 1 atom stereocenters.